The van der Waals surface area contributed by atoms with Crippen molar-refractivity contribution in [3.63, 3.8) is 0 Å². The fourth-order valence-corrected chi connectivity index (χ4v) is 2.90. The average Bonchev–Trinajstić information content (AvgIpc) is 2.92. The summed E-state index contributed by atoms with van der Waals surface area (Å²) in [7, 11) is 1.84. The van der Waals surface area contributed by atoms with Crippen molar-refractivity contribution in [3.8, 4) is 0 Å². The number of halogens is 1. The molecule has 1 heterocycles. The van der Waals surface area contributed by atoms with Crippen LogP contribution in [-0.4, -0.2) is 27.6 Å². The lowest BCUT2D eigenvalue weighted by Crippen LogP contribution is -2.31. The predicted molar refractivity (Wildman–Crippen MR) is 71.9 cm³/mol. The quantitative estimate of drug-likeness (QED) is 0.851. The summed E-state index contributed by atoms with van der Waals surface area (Å²) in [5.74, 6) is 0.382. The van der Waals surface area contributed by atoms with E-state index in [1.165, 1.54) is 6.42 Å². The van der Waals surface area contributed by atoms with E-state index in [1.807, 2.05) is 14.0 Å². The van der Waals surface area contributed by atoms with Gasteiger partial charge in [0.25, 0.3) is 5.91 Å². The number of aromatic nitrogens is 2. The average molecular weight is 270 g/mol. The Morgan fingerprint density at radius 2 is 2.39 bits per heavy atom. The molecule has 0 radical (unpaired) electrons. The summed E-state index contributed by atoms with van der Waals surface area (Å²) in [6.07, 6.45) is 5.89. The number of aryl methyl sites for hydroxylation is 2. The monoisotopic (exact) mass is 269 g/mol. The molecule has 2 rings (SSSR count). The predicted octanol–water partition coefficient (Wildman–Crippen LogP) is 2.12. The molecule has 1 aliphatic carbocycles. The number of nitrogens with one attached hydrogen (secondary N) is 1. The van der Waals surface area contributed by atoms with E-state index < -0.39 is 0 Å². The molecule has 0 bridgehead atoms. The van der Waals surface area contributed by atoms with E-state index >= 15 is 0 Å². The normalized spacial score (nSPS) is 23.3. The van der Waals surface area contributed by atoms with Crippen molar-refractivity contribution in [2.45, 2.75) is 38.0 Å². The maximum absolute atomic E-state index is 12.1. The van der Waals surface area contributed by atoms with Crippen LogP contribution >= 0.6 is 11.6 Å². The summed E-state index contributed by atoms with van der Waals surface area (Å²) >= 11 is 6.20. The van der Waals surface area contributed by atoms with Crippen molar-refractivity contribution in [1.29, 1.82) is 0 Å². The van der Waals surface area contributed by atoms with Gasteiger partial charge >= 0.3 is 0 Å². The van der Waals surface area contributed by atoms with Crippen LogP contribution in [0.4, 0.5) is 0 Å². The van der Waals surface area contributed by atoms with E-state index in [1.54, 1.807) is 10.9 Å². The Hall–Kier alpha value is -1.03. The zero-order valence-corrected chi connectivity index (χ0v) is 11.7. The first-order chi connectivity index (χ1) is 8.61. The first-order valence-corrected chi connectivity index (χ1v) is 7.00. The van der Waals surface area contributed by atoms with Crippen molar-refractivity contribution in [2.75, 3.05) is 6.54 Å². The third kappa shape index (κ3) is 2.86. The Balaban J connectivity index is 1.94. The number of amides is 1. The van der Waals surface area contributed by atoms with E-state index in [-0.39, 0.29) is 11.3 Å². The molecule has 0 saturated heterocycles. The van der Waals surface area contributed by atoms with Gasteiger partial charge in [-0.1, -0.05) is 13.3 Å². The van der Waals surface area contributed by atoms with Crippen LogP contribution in [-0.2, 0) is 13.5 Å². The topological polar surface area (TPSA) is 46.9 Å². The van der Waals surface area contributed by atoms with Gasteiger partial charge in [-0.3, -0.25) is 9.48 Å². The molecule has 2 atom stereocenters. The van der Waals surface area contributed by atoms with E-state index in [2.05, 4.69) is 10.4 Å². The van der Waals surface area contributed by atoms with Crippen molar-refractivity contribution < 1.29 is 4.79 Å². The molecular weight excluding hydrogens is 250 g/mol. The fourth-order valence-electron chi connectivity index (χ4n) is 2.53. The van der Waals surface area contributed by atoms with Crippen LogP contribution in [0.1, 0.15) is 42.2 Å². The Bertz CT molecular complexity index is 430. The SMILES string of the molecule is CCc1nn(C)cc1C(=O)NCC1CCCC1Cl. The second kappa shape index (κ2) is 5.74. The zero-order chi connectivity index (χ0) is 13.1. The Morgan fingerprint density at radius 1 is 1.61 bits per heavy atom. The van der Waals surface area contributed by atoms with Crippen molar-refractivity contribution in [1.82, 2.24) is 15.1 Å². The molecule has 0 aromatic carbocycles. The highest BCUT2D eigenvalue weighted by Gasteiger charge is 2.26. The standard InChI is InChI=1S/C13H20ClN3O/c1-3-12-10(8-17(2)16-12)13(18)15-7-9-5-4-6-11(9)14/h8-9,11H,3-7H2,1-2H3,(H,15,18). The number of carbonyl (C=O) groups is 1. The van der Waals surface area contributed by atoms with Crippen LogP contribution in [0.2, 0.25) is 0 Å². The molecule has 1 aromatic rings. The van der Waals surface area contributed by atoms with Crippen molar-refractivity contribution >= 4 is 17.5 Å². The highest BCUT2D eigenvalue weighted by molar-refractivity contribution is 6.21. The third-order valence-electron chi connectivity index (χ3n) is 3.58. The fraction of sp³-hybridized carbons (Fsp3) is 0.692. The van der Waals surface area contributed by atoms with Gasteiger partial charge in [0.15, 0.2) is 0 Å². The summed E-state index contributed by atoms with van der Waals surface area (Å²) in [6, 6.07) is 0. The Morgan fingerprint density at radius 3 is 3.00 bits per heavy atom. The molecule has 1 fully saturated rings. The first kappa shape index (κ1) is 13.4. The van der Waals surface area contributed by atoms with Gasteiger partial charge < -0.3 is 5.32 Å². The molecule has 1 aromatic heterocycles. The van der Waals surface area contributed by atoms with Gasteiger partial charge in [-0.05, 0) is 25.2 Å². The van der Waals surface area contributed by atoms with Crippen LogP contribution in [0.5, 0.6) is 0 Å². The summed E-state index contributed by atoms with van der Waals surface area (Å²) in [6.45, 7) is 2.68. The second-order valence-electron chi connectivity index (χ2n) is 4.93. The molecule has 2 unspecified atom stereocenters. The summed E-state index contributed by atoms with van der Waals surface area (Å²) in [4.78, 5) is 12.1. The van der Waals surface area contributed by atoms with Gasteiger partial charge in [0.2, 0.25) is 0 Å². The summed E-state index contributed by atoms with van der Waals surface area (Å²) in [5.41, 5.74) is 1.54. The molecule has 1 N–H and O–H groups in total. The molecule has 1 saturated carbocycles. The second-order valence-corrected chi connectivity index (χ2v) is 5.49. The van der Waals surface area contributed by atoms with Crippen LogP contribution in [0.15, 0.2) is 6.20 Å². The van der Waals surface area contributed by atoms with Crippen LogP contribution < -0.4 is 5.32 Å². The minimum absolute atomic E-state index is 0.0317. The van der Waals surface area contributed by atoms with Crippen LogP contribution in [0, 0.1) is 5.92 Å². The summed E-state index contributed by atoms with van der Waals surface area (Å²) < 4.78 is 1.69. The maximum Gasteiger partial charge on any atom is 0.254 e. The highest BCUT2D eigenvalue weighted by atomic mass is 35.5. The Kier molecular flexibility index (Phi) is 4.27. The van der Waals surface area contributed by atoms with Gasteiger partial charge in [-0.2, -0.15) is 5.10 Å². The third-order valence-corrected chi connectivity index (χ3v) is 4.15. The van der Waals surface area contributed by atoms with Crippen LogP contribution in [0.25, 0.3) is 0 Å². The lowest BCUT2D eigenvalue weighted by Gasteiger charge is -2.14. The van der Waals surface area contributed by atoms with Crippen LogP contribution in [0.3, 0.4) is 0 Å². The molecule has 100 valence electrons. The van der Waals surface area contributed by atoms with Gasteiger partial charge in [0.1, 0.15) is 0 Å². The molecule has 18 heavy (non-hydrogen) atoms. The maximum atomic E-state index is 12.1. The molecule has 0 aliphatic heterocycles. The smallest absolute Gasteiger partial charge is 0.254 e. The highest BCUT2D eigenvalue weighted by Crippen LogP contribution is 2.29. The van der Waals surface area contributed by atoms with Gasteiger partial charge in [0, 0.05) is 25.2 Å². The lowest BCUT2D eigenvalue weighted by molar-refractivity contribution is 0.0946. The van der Waals surface area contributed by atoms with Crippen molar-refractivity contribution in [3.05, 3.63) is 17.5 Å². The largest absolute Gasteiger partial charge is 0.352 e. The first-order valence-electron chi connectivity index (χ1n) is 6.56. The van der Waals surface area contributed by atoms with Gasteiger partial charge in [-0.25, -0.2) is 0 Å². The molecule has 1 aliphatic rings. The minimum Gasteiger partial charge on any atom is -0.352 e. The zero-order valence-electron chi connectivity index (χ0n) is 10.9. The summed E-state index contributed by atoms with van der Waals surface area (Å²) in [5, 5.41) is 7.47. The van der Waals surface area contributed by atoms with Crippen molar-refractivity contribution in [2.24, 2.45) is 13.0 Å². The number of hydrogen-bond donors (Lipinski definition) is 1. The van der Waals surface area contributed by atoms with E-state index in [9.17, 15) is 4.79 Å². The van der Waals surface area contributed by atoms with E-state index in [0.717, 1.165) is 25.0 Å². The molecule has 0 spiro atoms. The van der Waals surface area contributed by atoms with Gasteiger partial charge in [-0.15, -0.1) is 11.6 Å². The molecule has 5 heteroatoms. The molecule has 1 amide bonds. The number of carbonyl (C=O) groups excluding carboxylic acids is 1. The molecular formula is C13H20ClN3O. The Labute approximate surface area is 113 Å². The lowest BCUT2D eigenvalue weighted by atomic mass is 10.1. The molecule has 4 nitrogen and oxygen atoms in total. The number of alkyl halides is 1. The number of rotatable bonds is 4. The minimum atomic E-state index is -0.0317. The number of hydrogen-bond acceptors (Lipinski definition) is 2. The van der Waals surface area contributed by atoms with Gasteiger partial charge in [0.05, 0.1) is 11.3 Å². The van der Waals surface area contributed by atoms with E-state index in [0.29, 0.717) is 18.0 Å². The number of nitrogens with zero attached hydrogens (tertiary/aromatic N) is 2. The van der Waals surface area contributed by atoms with E-state index in [4.69, 9.17) is 11.6 Å².